The number of fused-ring (bicyclic) bond motifs is 1. The Morgan fingerprint density at radius 2 is 1.50 bits per heavy atom. The minimum atomic E-state index is 0.974. The van der Waals surface area contributed by atoms with Crippen LogP contribution in [0.4, 0.5) is 11.4 Å². The van der Waals surface area contributed by atoms with Gasteiger partial charge in [-0.15, -0.1) is 0 Å². The van der Waals surface area contributed by atoms with E-state index in [1.54, 1.807) is 6.08 Å². The Labute approximate surface area is 224 Å². The molecule has 2 saturated heterocycles. The number of benzene rings is 3. The predicted molar refractivity (Wildman–Crippen MR) is 157 cm³/mol. The summed E-state index contributed by atoms with van der Waals surface area (Å²) in [5, 5.41) is 13.8. The van der Waals surface area contributed by atoms with Gasteiger partial charge in [-0.2, -0.15) is 5.26 Å². The van der Waals surface area contributed by atoms with E-state index in [1.807, 2.05) is 18.5 Å². The number of hydrogen-bond donors (Lipinski definition) is 0. The number of rotatable bonds is 1. The van der Waals surface area contributed by atoms with E-state index in [0.717, 1.165) is 57.4 Å². The molecule has 0 radical (unpaired) electrons. The fraction of sp³-hybridized carbons (Fsp3) is 0.235. The van der Waals surface area contributed by atoms with Gasteiger partial charge in [0.05, 0.1) is 6.07 Å². The van der Waals surface area contributed by atoms with E-state index in [-0.39, 0.29) is 0 Å². The number of nitriles is 1. The van der Waals surface area contributed by atoms with Gasteiger partial charge in [-0.1, -0.05) is 53.3 Å². The van der Waals surface area contributed by atoms with Crippen molar-refractivity contribution in [3.63, 3.8) is 0 Å². The maximum absolute atomic E-state index is 8.69. The van der Waals surface area contributed by atoms with E-state index in [0.29, 0.717) is 0 Å². The van der Waals surface area contributed by atoms with Gasteiger partial charge in [0, 0.05) is 72.4 Å². The molecule has 6 aliphatic rings. The van der Waals surface area contributed by atoms with Gasteiger partial charge in [-0.25, -0.2) is 0 Å². The molecule has 4 heteroatoms. The zero-order chi connectivity index (χ0) is 25.7. The zero-order valence-corrected chi connectivity index (χ0v) is 21.5. The molecule has 1 aromatic heterocycles. The van der Waals surface area contributed by atoms with Crippen molar-refractivity contribution in [2.24, 2.45) is 0 Å². The molecule has 0 unspecified atom stereocenters. The first-order valence-corrected chi connectivity index (χ1v) is 13.4. The molecule has 6 aliphatic heterocycles. The topological polar surface area (TPSA) is 43.2 Å². The van der Waals surface area contributed by atoms with Crippen LogP contribution in [0.3, 0.4) is 0 Å². The van der Waals surface area contributed by atoms with E-state index in [2.05, 4.69) is 93.4 Å². The Morgan fingerprint density at radius 3 is 2.26 bits per heavy atom. The van der Waals surface area contributed by atoms with Crippen LogP contribution in [-0.2, 0) is 0 Å². The molecule has 186 valence electrons. The van der Waals surface area contributed by atoms with Crippen LogP contribution >= 0.6 is 0 Å². The van der Waals surface area contributed by atoms with E-state index in [9.17, 15) is 0 Å². The fourth-order valence-corrected chi connectivity index (χ4v) is 5.66. The molecule has 4 nitrogen and oxygen atoms in total. The van der Waals surface area contributed by atoms with Crippen molar-refractivity contribution in [3.8, 4) is 17.9 Å². The van der Waals surface area contributed by atoms with Crippen molar-refractivity contribution in [1.29, 1.82) is 5.26 Å². The van der Waals surface area contributed by atoms with Crippen molar-refractivity contribution < 1.29 is 0 Å². The molecule has 0 saturated carbocycles. The molecule has 38 heavy (non-hydrogen) atoms. The van der Waals surface area contributed by atoms with Gasteiger partial charge < -0.3 is 9.80 Å². The summed E-state index contributed by atoms with van der Waals surface area (Å²) in [5.41, 5.74) is 6.48. The molecule has 3 aromatic carbocycles. The molecule has 0 spiro atoms. The molecule has 0 atom stereocenters. The summed E-state index contributed by atoms with van der Waals surface area (Å²) in [6, 6.07) is 23.7. The Morgan fingerprint density at radius 1 is 0.789 bits per heavy atom. The first-order valence-electron chi connectivity index (χ1n) is 13.4. The summed E-state index contributed by atoms with van der Waals surface area (Å²) in [6.07, 6.45) is 11.8. The molecule has 6 bridgehead atoms. The Balaban J connectivity index is 0.000000139. The highest BCUT2D eigenvalue weighted by Crippen LogP contribution is 2.31. The van der Waals surface area contributed by atoms with E-state index in [4.69, 9.17) is 5.26 Å². The molecule has 0 amide bonds. The summed E-state index contributed by atoms with van der Waals surface area (Å²) in [6.45, 7) is 4.16. The number of nitrogens with zero attached hydrogens (tertiary/aromatic N) is 4. The third kappa shape index (κ3) is 4.99. The Bertz CT molecular complexity index is 1640. The van der Waals surface area contributed by atoms with Crippen molar-refractivity contribution in [1.82, 2.24) is 4.98 Å². The monoisotopic (exact) mass is 494 g/mol. The Kier molecular flexibility index (Phi) is 6.79. The maximum Gasteiger partial charge on any atom is 0.0911 e. The van der Waals surface area contributed by atoms with E-state index < -0.39 is 0 Å². The average molecular weight is 495 g/mol. The number of allylic oxidation sites excluding steroid dienone is 2. The Hall–Kier alpha value is -4.54. The van der Waals surface area contributed by atoms with Crippen molar-refractivity contribution in [3.05, 3.63) is 102 Å². The highest BCUT2D eigenvalue weighted by Gasteiger charge is 2.17. The standard InChI is InChI=1S/C18H15N.C16H15N3/c1-3-14-9-11-19(12-10-14)18-6-2-5-16-13-15(4-1)7-8-17(16)18;17-8-4-13-6-10-19(11-7-13)16-3-1-2-14-5-9-18-12-15(14)16/h2-3,5-8,13H,9-12H2;1-5,9,12H,6-7,10-11H2. The second-order valence-electron chi connectivity index (χ2n) is 10.1. The van der Waals surface area contributed by atoms with Crippen LogP contribution < -0.4 is 9.80 Å². The maximum atomic E-state index is 8.69. The summed E-state index contributed by atoms with van der Waals surface area (Å²) >= 11 is 0. The van der Waals surface area contributed by atoms with Gasteiger partial charge in [-0.3, -0.25) is 4.98 Å². The number of anilines is 2. The van der Waals surface area contributed by atoms with Crippen LogP contribution in [-0.4, -0.2) is 31.2 Å². The van der Waals surface area contributed by atoms with Crippen LogP contribution in [0.2, 0.25) is 0 Å². The molecule has 0 aliphatic carbocycles. The minimum Gasteiger partial charge on any atom is -0.370 e. The highest BCUT2D eigenvalue weighted by atomic mass is 15.1. The number of pyridine rings is 1. The van der Waals surface area contributed by atoms with Gasteiger partial charge >= 0.3 is 0 Å². The lowest BCUT2D eigenvalue weighted by Gasteiger charge is -2.31. The van der Waals surface area contributed by atoms with Crippen molar-refractivity contribution in [2.75, 3.05) is 36.0 Å². The third-order valence-electron chi connectivity index (χ3n) is 7.77. The van der Waals surface area contributed by atoms with Gasteiger partial charge in [0.25, 0.3) is 0 Å². The summed E-state index contributed by atoms with van der Waals surface area (Å²) < 4.78 is 0. The molecule has 4 aromatic rings. The van der Waals surface area contributed by atoms with Crippen LogP contribution in [0.1, 0.15) is 31.2 Å². The molecule has 2 fully saturated rings. The molecular formula is C34H30N4. The van der Waals surface area contributed by atoms with Crippen molar-refractivity contribution in [2.45, 2.75) is 25.7 Å². The van der Waals surface area contributed by atoms with Crippen LogP contribution in [0.25, 0.3) is 21.5 Å². The van der Waals surface area contributed by atoms with Crippen molar-refractivity contribution >= 4 is 32.9 Å². The van der Waals surface area contributed by atoms with Crippen LogP contribution in [0.5, 0.6) is 0 Å². The lowest BCUT2D eigenvalue weighted by atomic mass is 9.99. The molecule has 7 heterocycles. The summed E-state index contributed by atoms with van der Waals surface area (Å²) in [4.78, 5) is 9.13. The quantitative estimate of drug-likeness (QED) is 0.211. The first-order chi connectivity index (χ1) is 18.8. The summed E-state index contributed by atoms with van der Waals surface area (Å²) in [7, 11) is 0. The number of hydrogen-bond acceptors (Lipinski definition) is 4. The molecule has 10 rings (SSSR count). The lowest BCUT2D eigenvalue weighted by molar-refractivity contribution is 0.687. The SMILES string of the molecule is C1#Cc2ccc3c(cccc3c2)N2CCC(=C1)CC2.N#CC=C1CCN(c2cccc3ccncc23)CC1. The predicted octanol–water partition coefficient (Wildman–Crippen LogP) is 7.02. The lowest BCUT2D eigenvalue weighted by Crippen LogP contribution is -2.30. The van der Waals surface area contributed by atoms with Gasteiger partial charge in [0.2, 0.25) is 0 Å². The second-order valence-corrected chi connectivity index (χ2v) is 10.1. The van der Waals surface area contributed by atoms with Crippen LogP contribution in [0.15, 0.2) is 96.4 Å². The van der Waals surface area contributed by atoms with E-state index in [1.165, 1.54) is 44.1 Å². The fourth-order valence-electron chi connectivity index (χ4n) is 5.66. The second kappa shape index (κ2) is 10.8. The zero-order valence-electron chi connectivity index (χ0n) is 21.5. The highest BCUT2D eigenvalue weighted by molar-refractivity contribution is 5.95. The third-order valence-corrected chi connectivity index (χ3v) is 7.77. The normalized spacial score (nSPS) is 16.1. The first kappa shape index (κ1) is 23.8. The number of piperidine rings is 2. The van der Waals surface area contributed by atoms with Crippen LogP contribution in [0, 0.1) is 23.2 Å². The average Bonchev–Trinajstić information content (AvgIpc) is 2.97. The molecular weight excluding hydrogens is 464 g/mol. The smallest absolute Gasteiger partial charge is 0.0911 e. The summed E-state index contributed by atoms with van der Waals surface area (Å²) in [5.74, 6) is 6.47. The van der Waals surface area contributed by atoms with E-state index >= 15 is 0 Å². The van der Waals surface area contributed by atoms with Gasteiger partial charge in [0.1, 0.15) is 0 Å². The minimum absolute atomic E-state index is 0.974. The van der Waals surface area contributed by atoms with Gasteiger partial charge in [-0.05, 0) is 72.9 Å². The molecule has 0 N–H and O–H groups in total. The largest absolute Gasteiger partial charge is 0.370 e. The van der Waals surface area contributed by atoms with Gasteiger partial charge in [0.15, 0.2) is 0 Å². The number of aromatic nitrogens is 1.